The van der Waals surface area contributed by atoms with E-state index in [0.29, 0.717) is 11.1 Å². The first-order valence-electron chi connectivity index (χ1n) is 3.93. The molecule has 2 rings (SSSR count). The molecule has 7 nitrogen and oxygen atoms in total. The van der Waals surface area contributed by atoms with Crippen molar-refractivity contribution in [2.24, 2.45) is 5.16 Å². The molecule has 0 aliphatic heterocycles. The molecule has 1 aromatic carbocycles. The van der Waals surface area contributed by atoms with Gasteiger partial charge in [0.05, 0.1) is 4.92 Å². The molecule has 2 aromatic rings. The average Bonchev–Trinajstić information content (AvgIpc) is 2.59. The van der Waals surface area contributed by atoms with Crippen LogP contribution in [0.15, 0.2) is 27.8 Å². The molecular formula is C8H5N3O4. The number of oxime groups is 1. The van der Waals surface area contributed by atoms with Crippen molar-refractivity contribution in [1.82, 2.24) is 4.98 Å². The normalized spacial score (nSPS) is 11.2. The Morgan fingerprint density at radius 3 is 3.07 bits per heavy atom. The number of oxazole rings is 1. The van der Waals surface area contributed by atoms with Gasteiger partial charge in [-0.05, 0) is 6.07 Å². The van der Waals surface area contributed by atoms with Gasteiger partial charge in [0.1, 0.15) is 11.7 Å². The Morgan fingerprint density at radius 1 is 1.60 bits per heavy atom. The zero-order valence-electron chi connectivity index (χ0n) is 7.32. The molecular weight excluding hydrogens is 202 g/mol. The molecule has 0 atom stereocenters. The van der Waals surface area contributed by atoms with Crippen molar-refractivity contribution in [3.8, 4) is 0 Å². The number of benzene rings is 1. The molecule has 0 saturated heterocycles. The van der Waals surface area contributed by atoms with E-state index in [1.807, 2.05) is 0 Å². The fourth-order valence-corrected chi connectivity index (χ4v) is 1.15. The first-order chi connectivity index (χ1) is 7.20. The number of nitrogens with zero attached hydrogens (tertiary/aromatic N) is 3. The molecule has 76 valence electrons. The van der Waals surface area contributed by atoms with E-state index in [1.165, 1.54) is 18.2 Å². The van der Waals surface area contributed by atoms with Gasteiger partial charge < -0.3 is 9.62 Å². The highest BCUT2D eigenvalue weighted by molar-refractivity contribution is 5.82. The molecule has 0 radical (unpaired) electrons. The van der Waals surface area contributed by atoms with Gasteiger partial charge in [-0.25, -0.2) is 4.98 Å². The molecule has 0 aliphatic rings. The van der Waals surface area contributed by atoms with Crippen LogP contribution in [0.2, 0.25) is 0 Å². The van der Waals surface area contributed by atoms with E-state index >= 15 is 0 Å². The average molecular weight is 207 g/mol. The molecule has 1 heterocycles. The second kappa shape index (κ2) is 3.37. The van der Waals surface area contributed by atoms with Crippen LogP contribution >= 0.6 is 0 Å². The number of hydrogen-bond acceptors (Lipinski definition) is 6. The minimum atomic E-state index is -0.520. The lowest BCUT2D eigenvalue weighted by Crippen LogP contribution is -1.86. The Hall–Kier alpha value is -2.44. The van der Waals surface area contributed by atoms with Crippen molar-refractivity contribution in [3.05, 3.63) is 34.2 Å². The fourth-order valence-electron chi connectivity index (χ4n) is 1.15. The van der Waals surface area contributed by atoms with E-state index in [2.05, 4.69) is 10.1 Å². The first-order valence-corrected chi connectivity index (χ1v) is 3.93. The molecule has 0 fully saturated rings. The number of nitro benzene ring substituents is 1. The first kappa shape index (κ1) is 9.13. The van der Waals surface area contributed by atoms with Crippen molar-refractivity contribution in [2.45, 2.75) is 0 Å². The molecule has 0 bridgehead atoms. The zero-order valence-corrected chi connectivity index (χ0v) is 7.32. The maximum Gasteiger partial charge on any atom is 0.271 e. The summed E-state index contributed by atoms with van der Waals surface area (Å²) in [5.41, 5.74) is 0.679. The Balaban J connectivity index is 2.56. The van der Waals surface area contributed by atoms with Gasteiger partial charge in [-0.1, -0.05) is 5.16 Å². The van der Waals surface area contributed by atoms with Crippen LogP contribution in [0.1, 0.15) is 5.89 Å². The number of non-ortho nitro benzene ring substituents is 1. The van der Waals surface area contributed by atoms with Crippen LogP contribution in [0, 0.1) is 10.1 Å². The monoisotopic (exact) mass is 207 g/mol. The van der Waals surface area contributed by atoms with Crippen LogP contribution in [0.25, 0.3) is 11.1 Å². The highest BCUT2D eigenvalue weighted by Crippen LogP contribution is 2.20. The van der Waals surface area contributed by atoms with E-state index < -0.39 is 4.92 Å². The number of rotatable bonds is 2. The second-order valence-electron chi connectivity index (χ2n) is 2.71. The van der Waals surface area contributed by atoms with Crippen molar-refractivity contribution in [3.63, 3.8) is 0 Å². The van der Waals surface area contributed by atoms with E-state index in [9.17, 15) is 10.1 Å². The third-order valence-electron chi connectivity index (χ3n) is 1.77. The summed E-state index contributed by atoms with van der Waals surface area (Å²) in [6.07, 6.45) is 1.01. The predicted octanol–water partition coefficient (Wildman–Crippen LogP) is 1.54. The molecule has 7 heteroatoms. The van der Waals surface area contributed by atoms with E-state index in [1.54, 1.807) is 0 Å². The van der Waals surface area contributed by atoms with Gasteiger partial charge >= 0.3 is 0 Å². The molecule has 0 saturated carbocycles. The SMILES string of the molecule is O=[N+]([O-])c1ccc2oc(/C=N\O)nc2c1. The maximum atomic E-state index is 10.5. The van der Waals surface area contributed by atoms with Gasteiger partial charge in [0.2, 0.25) is 5.89 Å². The quantitative estimate of drug-likeness (QED) is 0.348. The highest BCUT2D eigenvalue weighted by Gasteiger charge is 2.10. The number of hydrogen-bond donors (Lipinski definition) is 1. The van der Waals surface area contributed by atoms with Crippen LogP contribution < -0.4 is 0 Å². The standard InChI is InChI=1S/C8H5N3O4/c12-9-4-8-10-6-3-5(11(13)14)1-2-7(6)15-8/h1-4,12H/b9-4-. The second-order valence-corrected chi connectivity index (χ2v) is 2.71. The summed E-state index contributed by atoms with van der Waals surface area (Å²) in [5.74, 6) is 0.0907. The Kier molecular flexibility index (Phi) is 2.05. The number of nitro groups is 1. The smallest absolute Gasteiger partial charge is 0.271 e. The van der Waals surface area contributed by atoms with E-state index in [4.69, 9.17) is 9.62 Å². The summed E-state index contributed by atoms with van der Waals surface area (Å²) in [7, 11) is 0. The minimum absolute atomic E-state index is 0.0664. The largest absolute Gasteiger partial charge is 0.435 e. The summed E-state index contributed by atoms with van der Waals surface area (Å²) in [5, 5.41) is 21.5. The van der Waals surface area contributed by atoms with Crippen molar-refractivity contribution in [1.29, 1.82) is 0 Å². The number of aromatic nitrogens is 1. The predicted molar refractivity (Wildman–Crippen MR) is 50.0 cm³/mol. The molecule has 1 N–H and O–H groups in total. The molecule has 0 amide bonds. The van der Waals surface area contributed by atoms with Crippen LogP contribution in [0.5, 0.6) is 0 Å². The Bertz CT molecular complexity index is 546. The van der Waals surface area contributed by atoms with Gasteiger partial charge in [-0.3, -0.25) is 10.1 Å². The summed E-state index contributed by atoms with van der Waals surface area (Å²) in [6.45, 7) is 0. The van der Waals surface area contributed by atoms with Crippen molar-refractivity contribution < 1.29 is 14.5 Å². The zero-order chi connectivity index (χ0) is 10.8. The lowest BCUT2D eigenvalue weighted by molar-refractivity contribution is -0.384. The van der Waals surface area contributed by atoms with Gasteiger partial charge in [0, 0.05) is 12.1 Å². The van der Waals surface area contributed by atoms with Gasteiger partial charge in [0.15, 0.2) is 5.58 Å². The molecule has 1 aromatic heterocycles. The minimum Gasteiger partial charge on any atom is -0.435 e. The third kappa shape index (κ3) is 1.62. The van der Waals surface area contributed by atoms with Crippen molar-refractivity contribution >= 4 is 23.0 Å². The Morgan fingerprint density at radius 2 is 2.40 bits per heavy atom. The van der Waals surface area contributed by atoms with E-state index in [-0.39, 0.29) is 11.6 Å². The van der Waals surface area contributed by atoms with E-state index in [0.717, 1.165) is 6.21 Å². The van der Waals surface area contributed by atoms with Crippen LogP contribution in [0.3, 0.4) is 0 Å². The molecule has 15 heavy (non-hydrogen) atoms. The highest BCUT2D eigenvalue weighted by atomic mass is 16.6. The summed E-state index contributed by atoms with van der Waals surface area (Å²) in [6, 6.07) is 4.04. The fraction of sp³-hybridized carbons (Fsp3) is 0. The van der Waals surface area contributed by atoms with Crippen LogP contribution in [-0.2, 0) is 0 Å². The van der Waals surface area contributed by atoms with Crippen molar-refractivity contribution in [2.75, 3.05) is 0 Å². The molecule has 0 unspecified atom stereocenters. The van der Waals surface area contributed by atoms with Gasteiger partial charge in [-0.2, -0.15) is 0 Å². The molecule has 0 aliphatic carbocycles. The van der Waals surface area contributed by atoms with Crippen LogP contribution in [0.4, 0.5) is 5.69 Å². The summed E-state index contributed by atoms with van der Waals surface area (Å²) < 4.78 is 5.10. The molecule has 0 spiro atoms. The summed E-state index contributed by atoms with van der Waals surface area (Å²) >= 11 is 0. The summed E-state index contributed by atoms with van der Waals surface area (Å²) in [4.78, 5) is 13.8. The van der Waals surface area contributed by atoms with Gasteiger partial charge in [-0.15, -0.1) is 0 Å². The van der Waals surface area contributed by atoms with Gasteiger partial charge in [0.25, 0.3) is 5.69 Å². The Labute approximate surface area is 82.8 Å². The number of fused-ring (bicyclic) bond motifs is 1. The third-order valence-corrected chi connectivity index (χ3v) is 1.77. The topological polar surface area (TPSA) is 102 Å². The maximum absolute atomic E-state index is 10.5. The lowest BCUT2D eigenvalue weighted by Gasteiger charge is -1.88. The van der Waals surface area contributed by atoms with Crippen LogP contribution in [-0.4, -0.2) is 21.3 Å². The lowest BCUT2D eigenvalue weighted by atomic mass is 10.3.